The average Bonchev–Trinajstić information content (AvgIpc) is 2.92. The summed E-state index contributed by atoms with van der Waals surface area (Å²) in [4.78, 5) is 0. The number of hydrogen-bond acceptors (Lipinski definition) is 3. The van der Waals surface area contributed by atoms with Gasteiger partial charge in [-0.25, -0.2) is 5.43 Å². The lowest BCUT2D eigenvalue weighted by Crippen LogP contribution is -3.00. The number of rotatable bonds is 5. The van der Waals surface area contributed by atoms with E-state index in [9.17, 15) is 0 Å². The number of thiazole rings is 1. The molecule has 1 heterocycles. The van der Waals surface area contributed by atoms with Gasteiger partial charge < -0.3 is 17.0 Å². The molecular weight excluding hydrogens is 358 g/mol. The maximum Gasteiger partial charge on any atom is 0.358 e. The lowest BCUT2D eigenvalue weighted by Gasteiger charge is -2.07. The predicted octanol–water partition coefficient (Wildman–Crippen LogP) is 1.01. The first-order chi connectivity index (χ1) is 10.4. The van der Waals surface area contributed by atoms with Crippen LogP contribution in [-0.2, 0) is 0 Å². The average molecular weight is 376 g/mol. The van der Waals surface area contributed by atoms with E-state index in [1.807, 2.05) is 24.3 Å². The second-order valence-electron chi connectivity index (χ2n) is 4.64. The molecule has 3 rings (SSSR count). The minimum Gasteiger partial charge on any atom is -1.00 e. The Morgan fingerprint density at radius 3 is 2.23 bits per heavy atom. The molecule has 2 aromatic carbocycles. The van der Waals surface area contributed by atoms with Gasteiger partial charge in [0.1, 0.15) is 0 Å². The van der Waals surface area contributed by atoms with Crippen LogP contribution < -0.4 is 32.4 Å². The molecule has 3 nitrogen and oxygen atoms in total. The van der Waals surface area contributed by atoms with E-state index >= 15 is 0 Å². The van der Waals surface area contributed by atoms with Gasteiger partial charge in [-0.3, -0.25) is 5.32 Å². The Hall–Kier alpha value is -1.85. The molecule has 0 aliphatic rings. The Balaban J connectivity index is 0.00000176. The molecule has 114 valence electrons. The summed E-state index contributed by atoms with van der Waals surface area (Å²) in [5, 5.41) is 6.67. The van der Waals surface area contributed by atoms with Crippen LogP contribution in [0.5, 0.6) is 0 Å². The summed E-state index contributed by atoms with van der Waals surface area (Å²) < 4.78 is 2.11. The minimum atomic E-state index is 0. The van der Waals surface area contributed by atoms with Crippen molar-refractivity contribution in [3.8, 4) is 11.3 Å². The number of anilines is 2. The summed E-state index contributed by atoms with van der Waals surface area (Å²) in [6.07, 6.45) is 0. The largest absolute Gasteiger partial charge is 1.00 e. The van der Waals surface area contributed by atoms with Crippen LogP contribution in [-0.4, -0.2) is 6.54 Å². The van der Waals surface area contributed by atoms with Crippen molar-refractivity contribution in [2.24, 2.45) is 0 Å². The lowest BCUT2D eigenvalue weighted by atomic mass is 10.2. The van der Waals surface area contributed by atoms with Crippen molar-refractivity contribution in [1.29, 1.82) is 0 Å². The van der Waals surface area contributed by atoms with Crippen LogP contribution in [0.4, 0.5) is 10.8 Å². The zero-order valence-corrected chi connectivity index (χ0v) is 14.7. The fourth-order valence-corrected chi connectivity index (χ4v) is 3.10. The molecule has 5 heteroatoms. The van der Waals surface area contributed by atoms with Crippen LogP contribution in [0.15, 0.2) is 66.0 Å². The number of hydrogen-bond donors (Lipinski definition) is 2. The van der Waals surface area contributed by atoms with E-state index < -0.39 is 0 Å². The number of benzene rings is 2. The molecule has 0 saturated carbocycles. The summed E-state index contributed by atoms with van der Waals surface area (Å²) in [6, 6.07) is 20.6. The van der Waals surface area contributed by atoms with E-state index in [0.717, 1.165) is 23.1 Å². The second-order valence-corrected chi connectivity index (χ2v) is 5.49. The highest BCUT2D eigenvalue weighted by atomic mass is 79.9. The van der Waals surface area contributed by atoms with Gasteiger partial charge in [-0.2, -0.15) is 0 Å². The zero-order chi connectivity index (χ0) is 14.5. The molecule has 22 heavy (non-hydrogen) atoms. The van der Waals surface area contributed by atoms with E-state index in [4.69, 9.17) is 0 Å². The predicted molar refractivity (Wildman–Crippen MR) is 89.6 cm³/mol. The van der Waals surface area contributed by atoms with Crippen molar-refractivity contribution in [3.63, 3.8) is 0 Å². The minimum absolute atomic E-state index is 0. The Kier molecular flexibility index (Phi) is 5.98. The van der Waals surface area contributed by atoms with Crippen LogP contribution >= 0.6 is 11.3 Å². The molecule has 0 radical (unpaired) electrons. The maximum atomic E-state index is 3.47. The number of nitrogens with zero attached hydrogens (tertiary/aromatic N) is 1. The first kappa shape index (κ1) is 16.5. The molecule has 0 amide bonds. The summed E-state index contributed by atoms with van der Waals surface area (Å²) in [5.74, 6) is 0. The molecule has 0 spiro atoms. The Morgan fingerprint density at radius 1 is 0.955 bits per heavy atom. The molecule has 2 N–H and O–H groups in total. The smallest absolute Gasteiger partial charge is 0.358 e. The van der Waals surface area contributed by atoms with Crippen molar-refractivity contribution in [2.75, 3.05) is 17.3 Å². The van der Waals surface area contributed by atoms with Crippen molar-refractivity contribution < 1.29 is 21.7 Å². The molecule has 1 aromatic heterocycles. The second kappa shape index (κ2) is 7.96. The fourth-order valence-electron chi connectivity index (χ4n) is 2.16. The highest BCUT2D eigenvalue weighted by Gasteiger charge is 2.18. The van der Waals surface area contributed by atoms with Crippen LogP contribution in [0.1, 0.15) is 6.92 Å². The van der Waals surface area contributed by atoms with Crippen LogP contribution in [0.25, 0.3) is 11.3 Å². The zero-order valence-electron chi connectivity index (χ0n) is 12.3. The van der Waals surface area contributed by atoms with Gasteiger partial charge in [0, 0.05) is 10.9 Å². The number of aromatic nitrogens is 1. The van der Waals surface area contributed by atoms with Gasteiger partial charge in [-0.15, -0.1) is 4.68 Å². The van der Waals surface area contributed by atoms with Crippen molar-refractivity contribution in [2.45, 2.75) is 6.92 Å². The van der Waals surface area contributed by atoms with Gasteiger partial charge in [0.15, 0.2) is 5.69 Å². The number of para-hydroxylation sites is 1. The Labute approximate surface area is 145 Å². The summed E-state index contributed by atoms with van der Waals surface area (Å²) in [6.45, 7) is 3.00. The normalized spacial score (nSPS) is 9.86. The van der Waals surface area contributed by atoms with Gasteiger partial charge in [0.25, 0.3) is 0 Å². The summed E-state index contributed by atoms with van der Waals surface area (Å²) in [5.41, 5.74) is 6.88. The monoisotopic (exact) mass is 375 g/mol. The van der Waals surface area contributed by atoms with Crippen LogP contribution in [0.3, 0.4) is 0 Å². The third-order valence-electron chi connectivity index (χ3n) is 3.14. The highest BCUT2D eigenvalue weighted by molar-refractivity contribution is 7.13. The highest BCUT2D eigenvalue weighted by Crippen LogP contribution is 2.23. The molecule has 0 bridgehead atoms. The van der Waals surface area contributed by atoms with E-state index in [1.165, 1.54) is 5.56 Å². The van der Waals surface area contributed by atoms with Crippen LogP contribution in [0.2, 0.25) is 0 Å². The quantitative estimate of drug-likeness (QED) is 0.651. The van der Waals surface area contributed by atoms with E-state index in [-0.39, 0.29) is 17.0 Å². The van der Waals surface area contributed by atoms with Gasteiger partial charge in [-0.05, 0) is 19.1 Å². The van der Waals surface area contributed by atoms with Gasteiger partial charge in [0.2, 0.25) is 0 Å². The van der Waals surface area contributed by atoms with E-state index in [0.29, 0.717) is 0 Å². The molecule has 3 aromatic rings. The molecule has 0 unspecified atom stereocenters. The van der Waals surface area contributed by atoms with E-state index in [2.05, 4.69) is 64.1 Å². The van der Waals surface area contributed by atoms with Gasteiger partial charge in [0.05, 0.1) is 12.2 Å². The molecule has 0 atom stereocenters. The molecule has 0 aliphatic heterocycles. The molecular formula is C17H18BrN3S. The molecule has 0 saturated heterocycles. The Bertz CT molecular complexity index is 698. The first-order valence-corrected chi connectivity index (χ1v) is 7.91. The number of halogens is 1. The third kappa shape index (κ3) is 3.67. The van der Waals surface area contributed by atoms with Crippen molar-refractivity contribution in [3.05, 3.63) is 66.0 Å². The first-order valence-electron chi connectivity index (χ1n) is 7.03. The van der Waals surface area contributed by atoms with Gasteiger partial charge >= 0.3 is 5.13 Å². The Morgan fingerprint density at radius 2 is 1.59 bits per heavy atom. The van der Waals surface area contributed by atoms with Crippen molar-refractivity contribution >= 4 is 22.2 Å². The lowest BCUT2D eigenvalue weighted by molar-refractivity contribution is -0.612. The third-order valence-corrected chi connectivity index (χ3v) is 4.03. The molecule has 0 aliphatic carbocycles. The van der Waals surface area contributed by atoms with E-state index in [1.54, 1.807) is 11.3 Å². The SMILES string of the molecule is CCNc1scc(-c2ccccc2)[n+]1Nc1ccccc1.[Br-]. The van der Waals surface area contributed by atoms with Crippen molar-refractivity contribution in [1.82, 2.24) is 0 Å². The van der Waals surface area contributed by atoms with Gasteiger partial charge in [-0.1, -0.05) is 59.9 Å². The maximum absolute atomic E-state index is 3.47. The number of nitrogens with one attached hydrogen (secondary N) is 2. The topological polar surface area (TPSA) is 27.9 Å². The summed E-state index contributed by atoms with van der Waals surface area (Å²) in [7, 11) is 0. The standard InChI is InChI=1S/C17H17N3S.BrH/c1-2-18-17-20(19-15-11-7-4-8-12-15)16(13-21-17)14-9-5-3-6-10-14;/h3-13,19H,2H2,1H3;1H. The van der Waals surface area contributed by atoms with Crippen LogP contribution in [0, 0.1) is 0 Å². The molecule has 0 fully saturated rings. The fraction of sp³-hybridized carbons (Fsp3) is 0.118. The summed E-state index contributed by atoms with van der Waals surface area (Å²) >= 11 is 1.70.